The van der Waals surface area contributed by atoms with Gasteiger partial charge in [-0.3, -0.25) is 10.1 Å². The van der Waals surface area contributed by atoms with E-state index in [4.69, 9.17) is 4.74 Å². The Kier molecular flexibility index (Phi) is 4.52. The molecule has 0 amide bonds. The SMILES string of the molecule is COC(=O)C(C)(C)NC(C)c1ccc(Br)s1. The molecular formula is C11H16BrNO2S. The van der Waals surface area contributed by atoms with E-state index < -0.39 is 5.54 Å². The second-order valence-corrected chi connectivity index (χ2v) is 6.62. The van der Waals surface area contributed by atoms with Crippen molar-refractivity contribution in [3.8, 4) is 0 Å². The summed E-state index contributed by atoms with van der Waals surface area (Å²) in [4.78, 5) is 12.7. The van der Waals surface area contributed by atoms with Crippen LogP contribution in [0.1, 0.15) is 31.7 Å². The number of esters is 1. The van der Waals surface area contributed by atoms with E-state index >= 15 is 0 Å². The fourth-order valence-electron chi connectivity index (χ4n) is 1.49. The second-order valence-electron chi connectivity index (χ2n) is 4.12. The first-order valence-electron chi connectivity index (χ1n) is 4.98. The summed E-state index contributed by atoms with van der Waals surface area (Å²) in [5.74, 6) is -0.255. The summed E-state index contributed by atoms with van der Waals surface area (Å²) in [7, 11) is 1.40. The Bertz CT molecular complexity index is 376. The van der Waals surface area contributed by atoms with Crippen LogP contribution in [0.2, 0.25) is 0 Å². The van der Waals surface area contributed by atoms with Gasteiger partial charge in [-0.15, -0.1) is 11.3 Å². The van der Waals surface area contributed by atoms with Gasteiger partial charge in [-0.1, -0.05) is 0 Å². The number of methoxy groups -OCH3 is 1. The molecule has 1 rings (SSSR count). The number of ether oxygens (including phenoxy) is 1. The van der Waals surface area contributed by atoms with E-state index in [-0.39, 0.29) is 12.0 Å². The number of rotatable bonds is 4. The van der Waals surface area contributed by atoms with Crippen LogP contribution in [0.3, 0.4) is 0 Å². The first-order valence-corrected chi connectivity index (χ1v) is 6.59. The van der Waals surface area contributed by atoms with Crippen LogP contribution in [-0.4, -0.2) is 18.6 Å². The van der Waals surface area contributed by atoms with E-state index in [2.05, 4.69) is 21.2 Å². The Morgan fingerprint density at radius 3 is 2.62 bits per heavy atom. The zero-order valence-electron chi connectivity index (χ0n) is 9.83. The molecule has 0 spiro atoms. The summed E-state index contributed by atoms with van der Waals surface area (Å²) >= 11 is 5.08. The zero-order chi connectivity index (χ0) is 12.3. The molecule has 0 aliphatic rings. The van der Waals surface area contributed by atoms with Crippen molar-refractivity contribution in [1.29, 1.82) is 0 Å². The van der Waals surface area contributed by atoms with Crippen molar-refractivity contribution in [3.63, 3.8) is 0 Å². The van der Waals surface area contributed by atoms with Crippen LogP contribution < -0.4 is 5.32 Å². The first kappa shape index (κ1) is 13.7. The number of thiophene rings is 1. The summed E-state index contributed by atoms with van der Waals surface area (Å²) in [6.45, 7) is 5.67. The largest absolute Gasteiger partial charge is 0.468 e. The fraction of sp³-hybridized carbons (Fsp3) is 0.545. The Labute approximate surface area is 108 Å². The van der Waals surface area contributed by atoms with Crippen molar-refractivity contribution in [1.82, 2.24) is 5.32 Å². The summed E-state index contributed by atoms with van der Waals surface area (Å²) < 4.78 is 5.84. The van der Waals surface area contributed by atoms with E-state index in [0.29, 0.717) is 0 Å². The molecule has 0 radical (unpaired) electrons. The van der Waals surface area contributed by atoms with Crippen molar-refractivity contribution >= 4 is 33.2 Å². The number of hydrogen-bond acceptors (Lipinski definition) is 4. The van der Waals surface area contributed by atoms with Crippen LogP contribution in [0.4, 0.5) is 0 Å². The lowest BCUT2D eigenvalue weighted by Gasteiger charge is -2.27. The molecule has 1 atom stereocenters. The predicted molar refractivity (Wildman–Crippen MR) is 69.7 cm³/mol. The Balaban J connectivity index is 2.70. The molecule has 16 heavy (non-hydrogen) atoms. The van der Waals surface area contributed by atoms with Crippen molar-refractivity contribution in [2.75, 3.05) is 7.11 Å². The Morgan fingerprint density at radius 2 is 2.19 bits per heavy atom. The van der Waals surface area contributed by atoms with E-state index in [1.165, 1.54) is 12.0 Å². The van der Waals surface area contributed by atoms with Gasteiger partial charge in [-0.05, 0) is 48.8 Å². The van der Waals surface area contributed by atoms with E-state index in [1.807, 2.05) is 32.9 Å². The summed E-state index contributed by atoms with van der Waals surface area (Å²) in [6, 6.07) is 4.16. The Morgan fingerprint density at radius 1 is 1.56 bits per heavy atom. The molecule has 0 saturated heterocycles. The van der Waals surface area contributed by atoms with Gasteiger partial charge < -0.3 is 4.74 Å². The molecule has 0 aromatic carbocycles. The van der Waals surface area contributed by atoms with Gasteiger partial charge in [0.2, 0.25) is 0 Å². The molecule has 0 fully saturated rings. The third kappa shape index (κ3) is 3.30. The highest BCUT2D eigenvalue weighted by Crippen LogP contribution is 2.28. The molecule has 1 unspecified atom stereocenters. The van der Waals surface area contributed by atoms with Gasteiger partial charge in [0.15, 0.2) is 0 Å². The van der Waals surface area contributed by atoms with Gasteiger partial charge in [0.1, 0.15) is 5.54 Å². The minimum absolute atomic E-state index is 0.116. The monoisotopic (exact) mass is 305 g/mol. The summed E-state index contributed by atoms with van der Waals surface area (Å²) in [5, 5.41) is 3.25. The van der Waals surface area contributed by atoms with Crippen molar-refractivity contribution in [2.24, 2.45) is 0 Å². The molecular weight excluding hydrogens is 290 g/mol. The van der Waals surface area contributed by atoms with Crippen molar-refractivity contribution in [2.45, 2.75) is 32.4 Å². The van der Waals surface area contributed by atoms with Gasteiger partial charge in [0, 0.05) is 10.9 Å². The zero-order valence-corrected chi connectivity index (χ0v) is 12.2. The number of carbonyl (C=O) groups is 1. The van der Waals surface area contributed by atoms with E-state index in [1.54, 1.807) is 11.3 Å². The number of halogens is 1. The predicted octanol–water partition coefficient (Wildman–Crippen LogP) is 3.11. The molecule has 3 nitrogen and oxygen atoms in total. The minimum Gasteiger partial charge on any atom is -0.468 e. The maximum atomic E-state index is 11.5. The van der Waals surface area contributed by atoms with Crippen molar-refractivity contribution < 1.29 is 9.53 Å². The van der Waals surface area contributed by atoms with Crippen LogP contribution >= 0.6 is 27.3 Å². The average molecular weight is 306 g/mol. The van der Waals surface area contributed by atoms with E-state index in [0.717, 1.165) is 3.79 Å². The van der Waals surface area contributed by atoms with Crippen LogP contribution in [0.5, 0.6) is 0 Å². The summed E-state index contributed by atoms with van der Waals surface area (Å²) in [6.07, 6.45) is 0. The molecule has 1 aromatic heterocycles. The van der Waals surface area contributed by atoms with Gasteiger partial charge >= 0.3 is 5.97 Å². The third-order valence-corrected chi connectivity index (χ3v) is 4.10. The lowest BCUT2D eigenvalue weighted by molar-refractivity contribution is -0.147. The third-order valence-electron chi connectivity index (χ3n) is 2.29. The highest BCUT2D eigenvalue weighted by Gasteiger charge is 2.30. The minimum atomic E-state index is -0.676. The molecule has 1 aromatic rings. The molecule has 0 aliphatic carbocycles. The van der Waals surface area contributed by atoms with Gasteiger partial charge in [0.25, 0.3) is 0 Å². The molecule has 0 saturated carbocycles. The lowest BCUT2D eigenvalue weighted by atomic mass is 10.0. The molecule has 90 valence electrons. The van der Waals surface area contributed by atoms with Gasteiger partial charge in [0.05, 0.1) is 10.9 Å². The normalized spacial score (nSPS) is 13.6. The van der Waals surface area contributed by atoms with Gasteiger partial charge in [-0.2, -0.15) is 0 Å². The average Bonchev–Trinajstić information content (AvgIpc) is 2.63. The molecule has 5 heteroatoms. The topological polar surface area (TPSA) is 38.3 Å². The molecule has 0 bridgehead atoms. The van der Waals surface area contributed by atoms with Crippen LogP contribution in [0.15, 0.2) is 15.9 Å². The maximum absolute atomic E-state index is 11.5. The highest BCUT2D eigenvalue weighted by molar-refractivity contribution is 9.11. The lowest BCUT2D eigenvalue weighted by Crippen LogP contribution is -2.48. The Hall–Kier alpha value is -0.390. The van der Waals surface area contributed by atoms with Crippen molar-refractivity contribution in [3.05, 3.63) is 20.8 Å². The standard InChI is InChI=1S/C11H16BrNO2S/c1-7(8-5-6-9(12)16-8)13-11(2,3)10(14)15-4/h5-7,13H,1-4H3. The smallest absolute Gasteiger partial charge is 0.325 e. The number of hydrogen-bond donors (Lipinski definition) is 1. The molecule has 1 heterocycles. The van der Waals surface area contributed by atoms with Crippen LogP contribution in [-0.2, 0) is 9.53 Å². The highest BCUT2D eigenvalue weighted by atomic mass is 79.9. The molecule has 0 aliphatic heterocycles. The maximum Gasteiger partial charge on any atom is 0.325 e. The number of nitrogens with one attached hydrogen (secondary N) is 1. The molecule has 1 N–H and O–H groups in total. The van der Waals surface area contributed by atoms with Crippen LogP contribution in [0.25, 0.3) is 0 Å². The first-order chi connectivity index (χ1) is 7.36. The fourth-order valence-corrected chi connectivity index (χ4v) is 2.91. The quantitative estimate of drug-likeness (QED) is 0.869. The van der Waals surface area contributed by atoms with Gasteiger partial charge in [-0.25, -0.2) is 0 Å². The summed E-state index contributed by atoms with van der Waals surface area (Å²) in [5.41, 5.74) is -0.676. The number of carbonyl (C=O) groups excluding carboxylic acids is 1. The second kappa shape index (κ2) is 5.29. The van der Waals surface area contributed by atoms with E-state index in [9.17, 15) is 4.79 Å². The van der Waals surface area contributed by atoms with Crippen LogP contribution in [0, 0.1) is 0 Å².